The van der Waals surface area contributed by atoms with Crippen LogP contribution in [0.25, 0.3) is 0 Å². The minimum atomic E-state index is -2.63. The molecule has 0 radical (unpaired) electrons. The number of nitrogens with one attached hydrogen (secondary N) is 1. The summed E-state index contributed by atoms with van der Waals surface area (Å²) < 4.78 is 14.3. The van der Waals surface area contributed by atoms with E-state index in [1.165, 1.54) is 0 Å². The number of ether oxygens (including phenoxy) is 2. The molecule has 4 atom stereocenters. The number of amides is 1. The number of nitrogens with zero attached hydrogens (tertiary/aromatic N) is 4. The molecule has 2 aliphatic heterocycles. The van der Waals surface area contributed by atoms with Gasteiger partial charge in [-0.2, -0.15) is 0 Å². The van der Waals surface area contributed by atoms with Crippen molar-refractivity contribution in [1.82, 2.24) is 20.3 Å². The molecule has 1 amide bonds. The van der Waals surface area contributed by atoms with Crippen LogP contribution < -0.4 is 15.0 Å². The first kappa shape index (κ1) is 25.8. The van der Waals surface area contributed by atoms with Gasteiger partial charge in [-0.05, 0) is 37.7 Å². The van der Waals surface area contributed by atoms with E-state index in [1.54, 1.807) is 16.7 Å². The predicted octanol–water partition coefficient (Wildman–Crippen LogP) is 1.49. The van der Waals surface area contributed by atoms with E-state index in [0.717, 1.165) is 29.2 Å². The summed E-state index contributed by atoms with van der Waals surface area (Å²) >= 11 is 0. The maximum absolute atomic E-state index is 12.4. The van der Waals surface area contributed by atoms with Crippen LogP contribution in [0.5, 0.6) is 5.75 Å². The van der Waals surface area contributed by atoms with E-state index < -0.39 is 8.32 Å². The number of carbonyl (C=O) groups is 1. The SMILES string of the molecule is CO[C@@H]1c2cc(N3CCNCC3=O)ccc2O[C@H](C(CCn2cc(CCO)nn2)[Si](C)(C)O)[C@H]1C. The number of rotatable bonds is 9. The van der Waals surface area contributed by atoms with E-state index in [9.17, 15) is 9.59 Å². The lowest BCUT2D eigenvalue weighted by atomic mass is 9.86. The molecule has 1 saturated heterocycles. The summed E-state index contributed by atoms with van der Waals surface area (Å²) in [5.74, 6) is 0.780. The van der Waals surface area contributed by atoms with Crippen LogP contribution >= 0.6 is 0 Å². The van der Waals surface area contributed by atoms with Crippen LogP contribution in [0.2, 0.25) is 18.6 Å². The second-order valence-corrected chi connectivity index (χ2v) is 14.1. The Balaban J connectivity index is 1.57. The van der Waals surface area contributed by atoms with Gasteiger partial charge in [-0.15, -0.1) is 5.10 Å². The minimum absolute atomic E-state index is 0.00825. The number of benzene rings is 1. The predicted molar refractivity (Wildman–Crippen MR) is 134 cm³/mol. The van der Waals surface area contributed by atoms with Crippen molar-refractivity contribution in [3.05, 3.63) is 35.7 Å². The van der Waals surface area contributed by atoms with Gasteiger partial charge in [-0.1, -0.05) is 12.1 Å². The number of aliphatic hydroxyl groups is 1. The molecular weight excluding hydrogens is 466 g/mol. The molecule has 3 heterocycles. The van der Waals surface area contributed by atoms with E-state index >= 15 is 0 Å². The Hall–Kier alpha value is -2.31. The number of hydrogen-bond acceptors (Lipinski definition) is 8. The Morgan fingerprint density at radius 3 is 2.86 bits per heavy atom. The van der Waals surface area contributed by atoms with Crippen molar-refractivity contribution < 1.29 is 24.2 Å². The number of aryl methyl sites for hydroxylation is 1. The Morgan fingerprint density at radius 2 is 2.17 bits per heavy atom. The van der Waals surface area contributed by atoms with E-state index in [2.05, 4.69) is 22.6 Å². The van der Waals surface area contributed by atoms with Gasteiger partial charge in [0.1, 0.15) is 11.9 Å². The molecule has 1 aromatic carbocycles. The first-order chi connectivity index (χ1) is 16.7. The average molecular weight is 504 g/mol. The molecule has 0 spiro atoms. The fourth-order valence-electron chi connectivity index (χ4n) is 5.28. The standard InChI is InChI=1S/C24H37N5O5Si/c1-16-23(33-2)19-13-18(29-11-9-25-14-22(29)31)5-6-20(19)34-24(16)21(35(3,4)32)7-10-28-15-17(8-12-30)26-27-28/h5-6,13,15-16,21,23-25,30,32H,7-12,14H2,1-4H3/t16-,21?,23-,24-/m0/s1. The zero-order valence-corrected chi connectivity index (χ0v) is 22.0. The topological polar surface area (TPSA) is 122 Å². The van der Waals surface area contributed by atoms with Gasteiger partial charge in [0.2, 0.25) is 5.91 Å². The largest absolute Gasteiger partial charge is 0.490 e. The molecule has 0 aliphatic carbocycles. The first-order valence-corrected chi connectivity index (χ1v) is 15.3. The number of carbonyl (C=O) groups excluding carboxylic acids is 1. The number of fused-ring (bicyclic) bond motifs is 1. The number of piperazine rings is 1. The van der Waals surface area contributed by atoms with Crippen LogP contribution in [0, 0.1) is 5.92 Å². The highest BCUT2D eigenvalue weighted by Crippen LogP contribution is 2.47. The van der Waals surface area contributed by atoms with Crippen molar-refractivity contribution in [1.29, 1.82) is 0 Å². The molecule has 1 unspecified atom stereocenters. The summed E-state index contributed by atoms with van der Waals surface area (Å²) in [7, 11) is -0.931. The third-order valence-electron chi connectivity index (χ3n) is 7.14. The van der Waals surface area contributed by atoms with Crippen molar-refractivity contribution in [2.45, 2.75) is 57.2 Å². The van der Waals surface area contributed by atoms with Crippen LogP contribution in [0.4, 0.5) is 5.69 Å². The summed E-state index contributed by atoms with van der Waals surface area (Å²) in [5.41, 5.74) is 2.47. The molecule has 0 bridgehead atoms. The van der Waals surface area contributed by atoms with E-state index in [1.807, 2.05) is 37.5 Å². The average Bonchev–Trinajstić information content (AvgIpc) is 3.26. The van der Waals surface area contributed by atoms with Gasteiger partial charge in [-0.25, -0.2) is 0 Å². The molecule has 1 fully saturated rings. The van der Waals surface area contributed by atoms with Gasteiger partial charge in [0.25, 0.3) is 0 Å². The first-order valence-electron chi connectivity index (χ1n) is 12.3. The fourth-order valence-corrected chi connectivity index (χ4v) is 7.29. The highest BCUT2D eigenvalue weighted by atomic mass is 28.4. The number of hydrogen-bond donors (Lipinski definition) is 3. The molecule has 1 aromatic heterocycles. The third-order valence-corrected chi connectivity index (χ3v) is 9.57. The summed E-state index contributed by atoms with van der Waals surface area (Å²) in [6.45, 7) is 8.36. The Kier molecular flexibility index (Phi) is 7.91. The quantitative estimate of drug-likeness (QED) is 0.440. The number of aromatic nitrogens is 3. The minimum Gasteiger partial charge on any atom is -0.490 e. The highest BCUT2D eigenvalue weighted by Gasteiger charge is 2.46. The van der Waals surface area contributed by atoms with Gasteiger partial charge in [0, 0.05) is 68.7 Å². The smallest absolute Gasteiger partial charge is 0.240 e. The summed E-state index contributed by atoms with van der Waals surface area (Å²) in [4.78, 5) is 25.5. The second-order valence-electron chi connectivity index (χ2n) is 10.0. The molecule has 2 aromatic rings. The van der Waals surface area contributed by atoms with Gasteiger partial charge in [-0.3, -0.25) is 9.48 Å². The van der Waals surface area contributed by atoms with Gasteiger partial charge >= 0.3 is 0 Å². The molecule has 0 saturated carbocycles. The lowest BCUT2D eigenvalue weighted by molar-refractivity contribution is -0.118. The Bertz CT molecular complexity index is 1030. The maximum atomic E-state index is 12.4. The van der Waals surface area contributed by atoms with Crippen LogP contribution in [-0.2, 0) is 22.5 Å². The van der Waals surface area contributed by atoms with Crippen molar-refractivity contribution in [2.24, 2.45) is 5.92 Å². The molecular formula is C24H37N5O5Si. The van der Waals surface area contributed by atoms with Crippen molar-refractivity contribution >= 4 is 19.9 Å². The fraction of sp³-hybridized carbons (Fsp3) is 0.625. The van der Waals surface area contributed by atoms with Crippen LogP contribution in [0.15, 0.2) is 24.4 Å². The molecule has 192 valence electrons. The molecule has 2 aliphatic rings. The lowest BCUT2D eigenvalue weighted by Gasteiger charge is -2.44. The third kappa shape index (κ3) is 5.59. The number of anilines is 1. The number of methoxy groups -OCH3 is 1. The van der Waals surface area contributed by atoms with Gasteiger partial charge < -0.3 is 29.6 Å². The van der Waals surface area contributed by atoms with Crippen molar-refractivity contribution in [3.8, 4) is 5.75 Å². The van der Waals surface area contributed by atoms with Crippen LogP contribution in [0.3, 0.4) is 0 Å². The Morgan fingerprint density at radius 1 is 1.37 bits per heavy atom. The van der Waals surface area contributed by atoms with Crippen molar-refractivity contribution in [2.75, 3.05) is 38.3 Å². The molecule has 11 heteroatoms. The molecule has 35 heavy (non-hydrogen) atoms. The van der Waals surface area contributed by atoms with E-state index in [0.29, 0.717) is 32.5 Å². The zero-order chi connectivity index (χ0) is 25.2. The maximum Gasteiger partial charge on any atom is 0.240 e. The monoisotopic (exact) mass is 503 g/mol. The van der Waals surface area contributed by atoms with E-state index in [4.69, 9.17) is 14.6 Å². The molecule has 10 nitrogen and oxygen atoms in total. The second kappa shape index (κ2) is 10.7. The zero-order valence-electron chi connectivity index (χ0n) is 21.0. The molecule has 4 rings (SSSR count). The van der Waals surface area contributed by atoms with Gasteiger partial charge in [0.15, 0.2) is 8.32 Å². The summed E-state index contributed by atoms with van der Waals surface area (Å²) in [6, 6.07) is 5.86. The number of aliphatic hydroxyl groups excluding tert-OH is 1. The summed E-state index contributed by atoms with van der Waals surface area (Å²) in [6.07, 6.45) is 2.55. The molecule has 3 N–H and O–H groups in total. The van der Waals surface area contributed by atoms with Crippen LogP contribution in [0.1, 0.15) is 30.7 Å². The Labute approximate surface area is 207 Å². The summed E-state index contributed by atoms with van der Waals surface area (Å²) in [5, 5.41) is 20.5. The van der Waals surface area contributed by atoms with Crippen LogP contribution in [-0.4, -0.2) is 78.6 Å². The van der Waals surface area contributed by atoms with Crippen molar-refractivity contribution in [3.63, 3.8) is 0 Å². The lowest BCUT2D eigenvalue weighted by Crippen LogP contribution is -2.49. The van der Waals surface area contributed by atoms with Gasteiger partial charge in [0.05, 0.1) is 18.3 Å². The van der Waals surface area contributed by atoms with E-state index in [-0.39, 0.29) is 36.2 Å². The highest BCUT2D eigenvalue weighted by molar-refractivity contribution is 6.71. The normalized spacial score (nSPS) is 23.7.